The number of benzene rings is 1. The summed E-state index contributed by atoms with van der Waals surface area (Å²) in [5.74, 6) is 0.0390. The summed E-state index contributed by atoms with van der Waals surface area (Å²) >= 11 is 0. The largest absolute Gasteiger partial charge is 0.497 e. The summed E-state index contributed by atoms with van der Waals surface area (Å²) < 4.78 is 25.6. The summed E-state index contributed by atoms with van der Waals surface area (Å²) in [5, 5.41) is 0. The van der Waals surface area contributed by atoms with Gasteiger partial charge in [-0.05, 0) is 47.5 Å². The second-order valence-electron chi connectivity index (χ2n) is 14.1. The molecule has 5 aliphatic heterocycles. The minimum absolute atomic E-state index is 0.107. The minimum atomic E-state index is -2.23. The van der Waals surface area contributed by atoms with Crippen LogP contribution in [0.2, 0.25) is 16.6 Å². The van der Waals surface area contributed by atoms with E-state index in [1.54, 1.807) is 7.11 Å². The molecule has 2 bridgehead atoms. The van der Waals surface area contributed by atoms with E-state index in [1.165, 1.54) is 7.11 Å². The Bertz CT molecular complexity index is 1260. The fraction of sp³-hybridized carbons (Fsp3) is 0.750. The predicted molar refractivity (Wildman–Crippen MR) is 160 cm³/mol. The van der Waals surface area contributed by atoms with Gasteiger partial charge in [0.25, 0.3) is 0 Å². The van der Waals surface area contributed by atoms with Crippen molar-refractivity contribution in [2.45, 2.75) is 113 Å². The average Bonchev–Trinajstić information content (AvgIpc) is 3.57. The third kappa shape index (κ3) is 2.93. The SMILES string of the molecule is CC[C@@]12C[C@H](O[Si](C(C)C)(C(C)C)C(C)C)CN3CC[C@]45c6ccc(OC)cc6N(C)[C@H]4[C@](C(=O)OC)(O[C@@]315)C2=O. The van der Waals surface area contributed by atoms with Crippen LogP contribution in [-0.2, 0) is 28.9 Å². The Kier molecular flexibility index (Phi) is 6.42. The van der Waals surface area contributed by atoms with Gasteiger partial charge in [-0.1, -0.05) is 54.5 Å². The van der Waals surface area contributed by atoms with Gasteiger partial charge in [-0.25, -0.2) is 4.79 Å². The molecule has 0 aliphatic carbocycles. The number of nitrogens with zero attached hydrogens (tertiary/aromatic N) is 2. The van der Waals surface area contributed by atoms with Crippen molar-refractivity contribution >= 4 is 25.8 Å². The van der Waals surface area contributed by atoms with Gasteiger partial charge in [0.05, 0.1) is 37.2 Å². The fourth-order valence-corrected chi connectivity index (χ4v) is 16.5. The molecule has 6 rings (SSSR count). The molecule has 2 spiro atoms. The van der Waals surface area contributed by atoms with Gasteiger partial charge in [-0.15, -0.1) is 0 Å². The van der Waals surface area contributed by atoms with Crippen LogP contribution in [0.1, 0.15) is 73.3 Å². The van der Waals surface area contributed by atoms with E-state index in [9.17, 15) is 4.79 Å². The first-order valence-electron chi connectivity index (χ1n) is 15.5. The van der Waals surface area contributed by atoms with Crippen molar-refractivity contribution in [3.05, 3.63) is 23.8 Å². The Balaban J connectivity index is 1.56. The number of esters is 1. The van der Waals surface area contributed by atoms with E-state index in [1.807, 2.05) is 19.2 Å². The van der Waals surface area contributed by atoms with Crippen LogP contribution in [0, 0.1) is 5.41 Å². The van der Waals surface area contributed by atoms with Crippen molar-refractivity contribution in [1.82, 2.24) is 4.90 Å². The molecule has 1 aromatic carbocycles. The third-order valence-electron chi connectivity index (χ3n) is 12.0. The van der Waals surface area contributed by atoms with Crippen LogP contribution in [0.5, 0.6) is 5.75 Å². The van der Waals surface area contributed by atoms with E-state index >= 15 is 4.79 Å². The van der Waals surface area contributed by atoms with Gasteiger partial charge in [0, 0.05) is 31.9 Å². The Morgan fingerprint density at radius 1 is 1.12 bits per heavy atom. The summed E-state index contributed by atoms with van der Waals surface area (Å²) in [4.78, 5) is 33.6. The number of carbonyl (C=O) groups is 2. The lowest BCUT2D eigenvalue weighted by Crippen LogP contribution is -2.76. The summed E-state index contributed by atoms with van der Waals surface area (Å²) in [6.07, 6.45) is 1.82. The number of methoxy groups -OCH3 is 2. The van der Waals surface area contributed by atoms with Crippen molar-refractivity contribution in [3.8, 4) is 5.75 Å². The molecule has 0 unspecified atom stereocenters. The van der Waals surface area contributed by atoms with E-state index in [0.717, 1.165) is 30.0 Å². The molecule has 41 heavy (non-hydrogen) atoms. The molecule has 226 valence electrons. The second kappa shape index (κ2) is 9.03. The zero-order valence-electron chi connectivity index (χ0n) is 26.5. The van der Waals surface area contributed by atoms with Crippen LogP contribution in [-0.4, -0.2) is 82.8 Å². The lowest BCUT2D eigenvalue weighted by Gasteiger charge is -2.59. The molecular formula is C32H48N2O6Si. The first-order chi connectivity index (χ1) is 19.3. The first-order valence-corrected chi connectivity index (χ1v) is 17.6. The van der Waals surface area contributed by atoms with E-state index in [0.29, 0.717) is 36.0 Å². The molecule has 8 nitrogen and oxygen atoms in total. The molecule has 6 atom stereocenters. The van der Waals surface area contributed by atoms with E-state index in [2.05, 4.69) is 64.3 Å². The standard InChI is InChI=1S/C32H48N2O6Si/c1-11-29-17-23(39-41(19(2)3,20(4)5)21(6)7)18-34-15-14-30-24-13-12-22(37-9)16-25(24)33(8)26(30)31(27(29)35,28(36)38-10)40-32(29,30)34/h12-13,16,19-21,23,26H,11,14-15,17-18H2,1-10H3/t23-,26+,29-,30-,31-,32-/m0/s1. The number of likely N-dealkylation sites (N-methyl/N-ethyl adjacent to an activating group) is 1. The van der Waals surface area contributed by atoms with Crippen molar-refractivity contribution in [3.63, 3.8) is 0 Å². The van der Waals surface area contributed by atoms with E-state index < -0.39 is 42.5 Å². The molecule has 5 heterocycles. The van der Waals surface area contributed by atoms with E-state index in [4.69, 9.17) is 18.6 Å². The summed E-state index contributed by atoms with van der Waals surface area (Å²) in [6.45, 7) is 17.4. The van der Waals surface area contributed by atoms with Crippen LogP contribution in [0.15, 0.2) is 18.2 Å². The maximum Gasteiger partial charge on any atom is 0.348 e. The average molecular weight is 585 g/mol. The normalized spacial score (nSPS) is 37.3. The number of carbonyl (C=O) groups excluding carboxylic acids is 2. The smallest absolute Gasteiger partial charge is 0.348 e. The number of piperidine rings is 1. The second-order valence-corrected chi connectivity index (χ2v) is 19.5. The molecule has 5 aliphatic rings. The lowest BCUT2D eigenvalue weighted by molar-refractivity contribution is -0.222. The van der Waals surface area contributed by atoms with Gasteiger partial charge < -0.3 is 23.5 Å². The number of Topliss-reactive ketones (excluding diaryl/α,β-unsaturated/α-hetero) is 1. The molecular weight excluding hydrogens is 536 g/mol. The Hall–Kier alpha value is -1.94. The van der Waals surface area contributed by atoms with Crippen LogP contribution in [0.3, 0.4) is 0 Å². The number of ether oxygens (including phenoxy) is 3. The minimum Gasteiger partial charge on any atom is -0.497 e. The van der Waals surface area contributed by atoms with Crippen molar-refractivity contribution < 1.29 is 28.2 Å². The molecule has 0 radical (unpaired) electrons. The summed E-state index contributed by atoms with van der Waals surface area (Å²) in [5.41, 5.74) is -0.676. The molecule has 0 amide bonds. The number of fused-ring (bicyclic) bond motifs is 3. The predicted octanol–water partition coefficient (Wildman–Crippen LogP) is 5.04. The third-order valence-corrected chi connectivity index (χ3v) is 18.2. The Morgan fingerprint density at radius 2 is 1.78 bits per heavy atom. The molecule has 0 saturated carbocycles. The van der Waals surface area contributed by atoms with Crippen LogP contribution >= 0.6 is 0 Å². The highest BCUT2D eigenvalue weighted by atomic mass is 28.4. The van der Waals surface area contributed by atoms with Crippen molar-refractivity contribution in [2.24, 2.45) is 5.41 Å². The number of anilines is 1. The highest BCUT2D eigenvalue weighted by molar-refractivity contribution is 6.77. The zero-order valence-corrected chi connectivity index (χ0v) is 27.5. The fourth-order valence-electron chi connectivity index (χ4n) is 10.9. The first kappa shape index (κ1) is 29.1. The van der Waals surface area contributed by atoms with Gasteiger partial charge in [0.1, 0.15) is 11.5 Å². The van der Waals surface area contributed by atoms with E-state index in [-0.39, 0.29) is 11.9 Å². The van der Waals surface area contributed by atoms with Crippen LogP contribution in [0.4, 0.5) is 5.69 Å². The van der Waals surface area contributed by atoms with Crippen molar-refractivity contribution in [1.29, 1.82) is 0 Å². The monoisotopic (exact) mass is 584 g/mol. The Morgan fingerprint density at radius 3 is 2.34 bits per heavy atom. The number of hydrogen-bond acceptors (Lipinski definition) is 8. The number of rotatable bonds is 8. The zero-order chi connectivity index (χ0) is 29.9. The molecule has 4 fully saturated rings. The van der Waals surface area contributed by atoms with Crippen LogP contribution < -0.4 is 9.64 Å². The van der Waals surface area contributed by atoms with Gasteiger partial charge in [0.15, 0.2) is 5.78 Å². The summed E-state index contributed by atoms with van der Waals surface area (Å²) in [7, 11) is 2.79. The lowest BCUT2D eigenvalue weighted by atomic mass is 9.48. The quantitative estimate of drug-likeness (QED) is 0.239. The summed E-state index contributed by atoms with van der Waals surface area (Å²) in [6, 6.07) is 5.68. The molecule has 0 aromatic heterocycles. The topological polar surface area (TPSA) is 77.5 Å². The molecule has 4 saturated heterocycles. The van der Waals surface area contributed by atoms with Gasteiger partial charge in [0.2, 0.25) is 13.9 Å². The highest BCUT2D eigenvalue weighted by Crippen LogP contribution is 2.78. The Labute approximate surface area is 246 Å². The van der Waals surface area contributed by atoms with Gasteiger partial charge in [-0.2, -0.15) is 0 Å². The highest BCUT2D eigenvalue weighted by Gasteiger charge is 2.95. The molecule has 0 N–H and O–H groups in total. The maximum absolute atomic E-state index is 15.1. The number of ketones is 1. The van der Waals surface area contributed by atoms with Crippen molar-refractivity contribution in [2.75, 3.05) is 39.3 Å². The van der Waals surface area contributed by atoms with Gasteiger partial charge >= 0.3 is 5.97 Å². The molecule has 9 heteroatoms. The van der Waals surface area contributed by atoms with Crippen LogP contribution in [0.25, 0.3) is 0 Å². The van der Waals surface area contributed by atoms with Gasteiger partial charge in [-0.3, -0.25) is 9.69 Å². The maximum atomic E-state index is 15.1. The molecule has 1 aromatic rings. The number of hydrogen-bond donors (Lipinski definition) is 0.